The summed E-state index contributed by atoms with van der Waals surface area (Å²) >= 11 is 5.64. The molecule has 5 nitrogen and oxygen atoms in total. The van der Waals surface area contributed by atoms with Crippen LogP contribution < -0.4 is 10.2 Å². The summed E-state index contributed by atoms with van der Waals surface area (Å²) in [6, 6.07) is 6.27. The van der Waals surface area contributed by atoms with Gasteiger partial charge >= 0.3 is 6.18 Å². The molecule has 0 aliphatic carbocycles. The Morgan fingerprint density at radius 2 is 2.04 bits per heavy atom. The number of piperidine rings is 1. The van der Waals surface area contributed by atoms with Crippen molar-refractivity contribution in [3.63, 3.8) is 0 Å². The number of nitrogens with zero attached hydrogens (tertiary/aromatic N) is 3. The number of amides is 1. The number of anilines is 2. The smallest absolute Gasteiger partial charge is 0.355 e. The van der Waals surface area contributed by atoms with Crippen LogP contribution >= 0.6 is 11.6 Å². The van der Waals surface area contributed by atoms with Crippen LogP contribution in [0.25, 0.3) is 0 Å². The highest BCUT2D eigenvalue weighted by atomic mass is 35.5. The highest BCUT2D eigenvalue weighted by molar-refractivity contribution is 6.30. The van der Waals surface area contributed by atoms with Gasteiger partial charge in [0, 0.05) is 18.1 Å². The van der Waals surface area contributed by atoms with Crippen molar-refractivity contribution >= 4 is 29.0 Å². The standard InChI is InChI=1S/C18H18ClF3N4O/c1-11-3-2-8-26(10-11)16-7-6-15(24-25-16)17(27)23-14-5-4-12(19)9-13(14)18(20,21)22/h4-7,9,11H,2-3,8,10H2,1H3,(H,23,27). The van der Waals surface area contributed by atoms with Gasteiger partial charge in [-0.3, -0.25) is 4.79 Å². The quantitative estimate of drug-likeness (QED) is 0.818. The topological polar surface area (TPSA) is 58.1 Å². The molecule has 1 unspecified atom stereocenters. The van der Waals surface area contributed by atoms with Gasteiger partial charge in [0.1, 0.15) is 0 Å². The Morgan fingerprint density at radius 1 is 1.26 bits per heavy atom. The summed E-state index contributed by atoms with van der Waals surface area (Å²) in [6.45, 7) is 3.88. The molecule has 2 heterocycles. The molecule has 1 aliphatic heterocycles. The van der Waals surface area contributed by atoms with E-state index in [0.29, 0.717) is 11.7 Å². The molecule has 0 saturated carbocycles. The summed E-state index contributed by atoms with van der Waals surface area (Å²) in [6.07, 6.45) is -2.43. The Balaban J connectivity index is 1.75. The Morgan fingerprint density at radius 3 is 2.67 bits per heavy atom. The van der Waals surface area contributed by atoms with Gasteiger partial charge < -0.3 is 10.2 Å². The third-order valence-electron chi connectivity index (χ3n) is 4.40. The molecule has 1 aromatic carbocycles. The lowest BCUT2D eigenvalue weighted by Gasteiger charge is -2.31. The number of aromatic nitrogens is 2. The van der Waals surface area contributed by atoms with Gasteiger partial charge in [0.15, 0.2) is 11.5 Å². The van der Waals surface area contributed by atoms with Crippen LogP contribution in [-0.2, 0) is 6.18 Å². The summed E-state index contributed by atoms with van der Waals surface area (Å²) in [5, 5.41) is 10.1. The molecule has 0 bridgehead atoms. The zero-order chi connectivity index (χ0) is 19.6. The van der Waals surface area contributed by atoms with Gasteiger partial charge in [-0.25, -0.2) is 0 Å². The zero-order valence-corrected chi connectivity index (χ0v) is 15.3. The molecule has 27 heavy (non-hydrogen) atoms. The van der Waals surface area contributed by atoms with Crippen molar-refractivity contribution in [1.82, 2.24) is 10.2 Å². The van der Waals surface area contributed by atoms with Crippen LogP contribution in [0.1, 0.15) is 35.8 Å². The van der Waals surface area contributed by atoms with Crippen molar-refractivity contribution < 1.29 is 18.0 Å². The maximum atomic E-state index is 13.1. The minimum absolute atomic E-state index is 0.0631. The van der Waals surface area contributed by atoms with Crippen LogP contribution in [0.3, 0.4) is 0 Å². The fraction of sp³-hybridized carbons (Fsp3) is 0.389. The van der Waals surface area contributed by atoms with E-state index in [2.05, 4.69) is 27.3 Å². The van der Waals surface area contributed by atoms with Crippen LogP contribution in [0.5, 0.6) is 0 Å². The van der Waals surface area contributed by atoms with Crippen molar-refractivity contribution in [2.24, 2.45) is 5.92 Å². The Kier molecular flexibility index (Phi) is 5.55. The summed E-state index contributed by atoms with van der Waals surface area (Å²) in [4.78, 5) is 14.4. The molecule has 1 saturated heterocycles. The summed E-state index contributed by atoms with van der Waals surface area (Å²) in [5.74, 6) is 0.434. The molecule has 1 aliphatic rings. The summed E-state index contributed by atoms with van der Waals surface area (Å²) in [5.41, 5.74) is -1.46. The number of nitrogens with one attached hydrogen (secondary N) is 1. The minimum atomic E-state index is -4.64. The van der Waals surface area contributed by atoms with Gasteiger partial charge in [-0.05, 0) is 49.1 Å². The first-order chi connectivity index (χ1) is 12.7. The van der Waals surface area contributed by atoms with Gasteiger partial charge in [-0.1, -0.05) is 18.5 Å². The van der Waals surface area contributed by atoms with Gasteiger partial charge in [0.2, 0.25) is 0 Å². The molecule has 3 rings (SSSR count). The molecule has 0 spiro atoms. The van der Waals surface area contributed by atoms with Gasteiger partial charge in [-0.15, -0.1) is 10.2 Å². The minimum Gasteiger partial charge on any atom is -0.355 e. The van der Waals surface area contributed by atoms with E-state index in [0.717, 1.165) is 38.1 Å². The lowest BCUT2D eigenvalue weighted by Crippen LogP contribution is -2.35. The van der Waals surface area contributed by atoms with Crippen molar-refractivity contribution in [2.75, 3.05) is 23.3 Å². The maximum Gasteiger partial charge on any atom is 0.418 e. The van der Waals surface area contributed by atoms with Crippen LogP contribution in [0.15, 0.2) is 30.3 Å². The molecule has 0 radical (unpaired) electrons. The van der Waals surface area contributed by atoms with Crippen LogP contribution in [0.2, 0.25) is 5.02 Å². The van der Waals surface area contributed by atoms with E-state index in [1.54, 1.807) is 6.07 Å². The number of benzene rings is 1. The van der Waals surface area contributed by atoms with Gasteiger partial charge in [0.25, 0.3) is 5.91 Å². The molecule has 2 aromatic rings. The van der Waals surface area contributed by atoms with E-state index in [9.17, 15) is 18.0 Å². The first-order valence-electron chi connectivity index (χ1n) is 8.51. The number of halogens is 4. The normalized spacial score (nSPS) is 17.7. The molecular weight excluding hydrogens is 381 g/mol. The molecular formula is C18H18ClF3N4O. The van der Waals surface area contributed by atoms with Crippen molar-refractivity contribution in [1.29, 1.82) is 0 Å². The van der Waals surface area contributed by atoms with E-state index in [-0.39, 0.29) is 16.4 Å². The molecule has 1 N–H and O–H groups in total. The van der Waals surface area contributed by atoms with E-state index < -0.39 is 17.6 Å². The van der Waals surface area contributed by atoms with E-state index in [1.165, 1.54) is 12.1 Å². The van der Waals surface area contributed by atoms with Crippen LogP contribution in [0, 0.1) is 5.92 Å². The molecule has 144 valence electrons. The van der Waals surface area contributed by atoms with E-state index >= 15 is 0 Å². The molecule has 1 aromatic heterocycles. The number of hydrogen-bond donors (Lipinski definition) is 1. The van der Waals surface area contributed by atoms with E-state index in [1.807, 2.05) is 0 Å². The number of rotatable bonds is 3. The second kappa shape index (κ2) is 7.72. The molecule has 1 amide bonds. The second-order valence-corrected chi connectivity index (χ2v) is 7.05. The molecule has 9 heteroatoms. The lowest BCUT2D eigenvalue weighted by atomic mass is 10.0. The third kappa shape index (κ3) is 4.68. The average molecular weight is 399 g/mol. The highest BCUT2D eigenvalue weighted by Gasteiger charge is 2.34. The Hall–Kier alpha value is -2.35. The van der Waals surface area contributed by atoms with Crippen LogP contribution in [-0.4, -0.2) is 29.2 Å². The summed E-state index contributed by atoms with van der Waals surface area (Å²) < 4.78 is 39.4. The number of alkyl halides is 3. The van der Waals surface area contributed by atoms with Crippen molar-refractivity contribution in [3.05, 3.63) is 46.6 Å². The SMILES string of the molecule is CC1CCCN(c2ccc(C(=O)Nc3ccc(Cl)cc3C(F)(F)F)nn2)C1. The average Bonchev–Trinajstić information content (AvgIpc) is 2.62. The monoisotopic (exact) mass is 398 g/mol. The van der Waals surface area contributed by atoms with Crippen molar-refractivity contribution in [2.45, 2.75) is 25.9 Å². The highest BCUT2D eigenvalue weighted by Crippen LogP contribution is 2.36. The predicted molar refractivity (Wildman–Crippen MR) is 97.1 cm³/mol. The van der Waals surface area contributed by atoms with Gasteiger partial charge in [-0.2, -0.15) is 13.2 Å². The summed E-state index contributed by atoms with van der Waals surface area (Å²) in [7, 11) is 0. The first kappa shape index (κ1) is 19.4. The van der Waals surface area contributed by atoms with Crippen molar-refractivity contribution in [3.8, 4) is 0 Å². The predicted octanol–water partition coefficient (Wildman–Crippen LogP) is 4.64. The lowest BCUT2D eigenvalue weighted by molar-refractivity contribution is -0.136. The van der Waals surface area contributed by atoms with Gasteiger partial charge in [0.05, 0.1) is 11.3 Å². The number of carbonyl (C=O) groups is 1. The fourth-order valence-electron chi connectivity index (χ4n) is 3.06. The molecule has 1 atom stereocenters. The Labute approximate surface area is 159 Å². The second-order valence-electron chi connectivity index (χ2n) is 6.61. The van der Waals surface area contributed by atoms with E-state index in [4.69, 9.17) is 11.6 Å². The fourth-order valence-corrected chi connectivity index (χ4v) is 3.23. The van der Waals surface area contributed by atoms with Crippen LogP contribution in [0.4, 0.5) is 24.7 Å². The third-order valence-corrected chi connectivity index (χ3v) is 4.63. The first-order valence-corrected chi connectivity index (χ1v) is 8.88. The Bertz CT molecular complexity index is 826. The largest absolute Gasteiger partial charge is 0.418 e. The zero-order valence-electron chi connectivity index (χ0n) is 14.6. The number of hydrogen-bond acceptors (Lipinski definition) is 4. The molecule has 1 fully saturated rings. The maximum absolute atomic E-state index is 13.1. The number of carbonyl (C=O) groups excluding carboxylic acids is 1.